The van der Waals surface area contributed by atoms with Crippen LogP contribution < -0.4 is 14.9 Å². The normalized spacial score (nSPS) is 11.4. The summed E-state index contributed by atoms with van der Waals surface area (Å²) in [6.45, 7) is 0. The zero-order chi connectivity index (χ0) is 24.5. The number of alkyl halides is 3. The van der Waals surface area contributed by atoms with Crippen LogP contribution in [0.5, 0.6) is 11.5 Å². The van der Waals surface area contributed by atoms with Crippen molar-refractivity contribution in [3.8, 4) is 11.5 Å². The van der Waals surface area contributed by atoms with Crippen LogP contribution in [-0.4, -0.2) is 38.9 Å². The molecule has 4 aromatic rings. The molecule has 12 heteroatoms. The second-order valence-corrected chi connectivity index (χ2v) is 7.48. The van der Waals surface area contributed by atoms with E-state index in [2.05, 4.69) is 20.0 Å². The predicted octanol–water partition coefficient (Wildman–Crippen LogP) is 5.33. The standard InChI is InChI=1S/C22H17ClF3N5O3/c1-30-18-8-7-14(34-31(2)20(32)16-5-3-4-10-27-16)12-17(18)29-21(30)28-13-6-9-19(15(23)11-13)33-22(24,25)26/h3-12H,1-2H3,(H,28,29). The maximum atomic E-state index is 12.4. The van der Waals surface area contributed by atoms with Crippen molar-refractivity contribution in [1.82, 2.24) is 19.6 Å². The van der Waals surface area contributed by atoms with Gasteiger partial charge in [-0.2, -0.15) is 5.06 Å². The first-order chi connectivity index (χ1) is 16.1. The minimum atomic E-state index is -4.84. The number of anilines is 2. The zero-order valence-corrected chi connectivity index (χ0v) is 18.6. The molecule has 0 saturated carbocycles. The van der Waals surface area contributed by atoms with Crippen LogP contribution >= 0.6 is 11.6 Å². The number of carbonyl (C=O) groups excluding carboxylic acids is 1. The Balaban J connectivity index is 1.52. The van der Waals surface area contributed by atoms with E-state index in [0.29, 0.717) is 22.9 Å². The van der Waals surface area contributed by atoms with Crippen molar-refractivity contribution < 1.29 is 27.5 Å². The van der Waals surface area contributed by atoms with Gasteiger partial charge in [0.25, 0.3) is 0 Å². The van der Waals surface area contributed by atoms with E-state index in [1.165, 1.54) is 25.4 Å². The Labute approximate surface area is 196 Å². The number of hydrogen-bond acceptors (Lipinski definition) is 6. The average molecular weight is 492 g/mol. The molecule has 1 N–H and O–H groups in total. The molecule has 0 aliphatic carbocycles. The van der Waals surface area contributed by atoms with Crippen LogP contribution in [0.3, 0.4) is 0 Å². The van der Waals surface area contributed by atoms with Crippen LogP contribution in [0.1, 0.15) is 10.5 Å². The fraction of sp³-hybridized carbons (Fsp3) is 0.136. The maximum Gasteiger partial charge on any atom is 0.573 e. The quantitative estimate of drug-likeness (QED) is 0.367. The summed E-state index contributed by atoms with van der Waals surface area (Å²) in [5, 5.41) is 3.87. The molecule has 34 heavy (non-hydrogen) atoms. The largest absolute Gasteiger partial charge is 0.573 e. The number of hydroxylamine groups is 2. The number of rotatable bonds is 6. The van der Waals surface area contributed by atoms with E-state index in [-0.39, 0.29) is 10.7 Å². The van der Waals surface area contributed by atoms with Crippen LogP contribution in [-0.2, 0) is 7.05 Å². The molecular formula is C22H17ClF3N5O3. The minimum Gasteiger partial charge on any atom is -0.404 e. The molecule has 0 aliphatic heterocycles. The molecule has 0 atom stereocenters. The van der Waals surface area contributed by atoms with Gasteiger partial charge in [-0.15, -0.1) is 13.2 Å². The number of amides is 1. The molecule has 0 unspecified atom stereocenters. The van der Waals surface area contributed by atoms with E-state index in [1.54, 1.807) is 48.0 Å². The highest BCUT2D eigenvalue weighted by Gasteiger charge is 2.32. The van der Waals surface area contributed by atoms with E-state index in [4.69, 9.17) is 16.4 Å². The first-order valence-electron chi connectivity index (χ1n) is 9.76. The van der Waals surface area contributed by atoms with Crippen molar-refractivity contribution in [3.63, 3.8) is 0 Å². The molecule has 176 valence electrons. The molecule has 0 radical (unpaired) electrons. The first kappa shape index (κ1) is 23.2. The third kappa shape index (κ3) is 5.15. The Morgan fingerprint density at radius 3 is 2.62 bits per heavy atom. The molecule has 0 aliphatic rings. The number of aryl methyl sites for hydroxylation is 1. The number of aromatic nitrogens is 3. The van der Waals surface area contributed by atoms with Gasteiger partial charge >= 0.3 is 12.3 Å². The zero-order valence-electron chi connectivity index (χ0n) is 17.8. The van der Waals surface area contributed by atoms with Gasteiger partial charge in [0.2, 0.25) is 5.95 Å². The van der Waals surface area contributed by atoms with Crippen molar-refractivity contribution in [2.75, 3.05) is 12.4 Å². The summed E-state index contributed by atoms with van der Waals surface area (Å²) in [5.74, 6) is -0.138. The fourth-order valence-corrected chi connectivity index (χ4v) is 3.33. The van der Waals surface area contributed by atoms with Gasteiger partial charge < -0.3 is 19.5 Å². The van der Waals surface area contributed by atoms with Crippen LogP contribution in [0, 0.1) is 0 Å². The lowest BCUT2D eigenvalue weighted by molar-refractivity contribution is -0.274. The van der Waals surface area contributed by atoms with Gasteiger partial charge in [-0.1, -0.05) is 17.7 Å². The summed E-state index contributed by atoms with van der Waals surface area (Å²) in [5.41, 5.74) is 1.96. The Morgan fingerprint density at radius 2 is 1.94 bits per heavy atom. The molecule has 0 fully saturated rings. The van der Waals surface area contributed by atoms with Crippen molar-refractivity contribution in [1.29, 1.82) is 0 Å². The summed E-state index contributed by atoms with van der Waals surface area (Å²) in [7, 11) is 3.24. The van der Waals surface area contributed by atoms with Gasteiger partial charge in [-0.3, -0.25) is 9.78 Å². The summed E-state index contributed by atoms with van der Waals surface area (Å²) >= 11 is 5.91. The second-order valence-electron chi connectivity index (χ2n) is 7.07. The number of halogens is 4. The lowest BCUT2D eigenvalue weighted by Crippen LogP contribution is -2.30. The van der Waals surface area contributed by atoms with Gasteiger partial charge in [0.1, 0.15) is 11.4 Å². The molecule has 1 amide bonds. The molecule has 2 aromatic carbocycles. The Bertz CT molecular complexity index is 1350. The van der Waals surface area contributed by atoms with Crippen LogP contribution in [0.2, 0.25) is 5.02 Å². The predicted molar refractivity (Wildman–Crippen MR) is 119 cm³/mol. The van der Waals surface area contributed by atoms with Gasteiger partial charge in [0.15, 0.2) is 5.75 Å². The Kier molecular flexibility index (Phi) is 6.20. The van der Waals surface area contributed by atoms with E-state index >= 15 is 0 Å². The van der Waals surface area contributed by atoms with Crippen LogP contribution in [0.15, 0.2) is 60.8 Å². The summed E-state index contributed by atoms with van der Waals surface area (Å²) in [6, 6.07) is 13.9. The molecule has 0 spiro atoms. The van der Waals surface area contributed by atoms with E-state index in [9.17, 15) is 18.0 Å². The molecular weight excluding hydrogens is 475 g/mol. The topological polar surface area (TPSA) is 81.5 Å². The second kappa shape index (κ2) is 9.10. The summed E-state index contributed by atoms with van der Waals surface area (Å²) in [6.07, 6.45) is -3.33. The van der Waals surface area contributed by atoms with Crippen molar-refractivity contribution in [2.24, 2.45) is 7.05 Å². The smallest absolute Gasteiger partial charge is 0.404 e. The number of nitrogens with one attached hydrogen (secondary N) is 1. The minimum absolute atomic E-state index is 0.211. The number of imidazole rings is 1. The monoisotopic (exact) mass is 491 g/mol. The van der Waals surface area contributed by atoms with Gasteiger partial charge in [-0.25, -0.2) is 4.98 Å². The summed E-state index contributed by atoms with van der Waals surface area (Å²) < 4.78 is 42.9. The number of pyridine rings is 1. The number of ether oxygens (including phenoxy) is 1. The highest BCUT2D eigenvalue weighted by Crippen LogP contribution is 2.33. The number of hydrogen-bond donors (Lipinski definition) is 1. The third-order valence-electron chi connectivity index (χ3n) is 4.68. The molecule has 2 heterocycles. The Hall–Kier alpha value is -3.99. The van der Waals surface area contributed by atoms with E-state index < -0.39 is 18.0 Å². The van der Waals surface area contributed by atoms with Crippen molar-refractivity contribution >= 4 is 40.2 Å². The number of benzene rings is 2. The fourth-order valence-electron chi connectivity index (χ4n) is 3.11. The van der Waals surface area contributed by atoms with Gasteiger partial charge in [0.05, 0.1) is 16.1 Å². The van der Waals surface area contributed by atoms with Crippen LogP contribution in [0.4, 0.5) is 24.8 Å². The molecule has 4 rings (SSSR count). The first-order valence-corrected chi connectivity index (χ1v) is 10.1. The maximum absolute atomic E-state index is 12.4. The number of carbonyl (C=O) groups is 1. The molecule has 0 saturated heterocycles. The van der Waals surface area contributed by atoms with Crippen molar-refractivity contribution in [2.45, 2.75) is 6.36 Å². The SMILES string of the molecule is CN(Oc1ccc2c(c1)nc(Nc1ccc(OC(F)(F)F)c(Cl)c1)n2C)C(=O)c1ccccn1. The number of fused-ring (bicyclic) bond motifs is 1. The Morgan fingerprint density at radius 1 is 1.15 bits per heavy atom. The highest BCUT2D eigenvalue weighted by atomic mass is 35.5. The average Bonchev–Trinajstić information content (AvgIpc) is 3.09. The van der Waals surface area contributed by atoms with Crippen LogP contribution in [0.25, 0.3) is 11.0 Å². The lowest BCUT2D eigenvalue weighted by Gasteiger charge is -2.17. The molecule has 8 nitrogen and oxygen atoms in total. The third-order valence-corrected chi connectivity index (χ3v) is 4.97. The lowest BCUT2D eigenvalue weighted by atomic mass is 10.3. The van der Waals surface area contributed by atoms with E-state index in [1.807, 2.05) is 0 Å². The number of nitrogens with zero attached hydrogens (tertiary/aromatic N) is 4. The van der Waals surface area contributed by atoms with Crippen molar-refractivity contribution in [3.05, 3.63) is 71.5 Å². The van der Waals surface area contributed by atoms with Gasteiger partial charge in [-0.05, 0) is 42.5 Å². The molecule has 0 bridgehead atoms. The van der Waals surface area contributed by atoms with Gasteiger partial charge in [0, 0.05) is 32.0 Å². The van der Waals surface area contributed by atoms with E-state index in [0.717, 1.165) is 16.6 Å². The summed E-state index contributed by atoms with van der Waals surface area (Å²) in [4.78, 5) is 26.6. The molecule has 2 aromatic heterocycles. The highest BCUT2D eigenvalue weighted by molar-refractivity contribution is 6.32.